The molecule has 1 N–H and O–H groups in total. The first-order valence-corrected chi connectivity index (χ1v) is 6.92. The van der Waals surface area contributed by atoms with Gasteiger partial charge in [0, 0.05) is 29.7 Å². The molecule has 2 bridgehead atoms. The molecule has 2 aliphatic rings. The SMILES string of the molecule is O=C([O-])[C@H]1[C@H](C(=O)Nc2cccc([N+](=O)[O-])c2)[C@H]2C=C[C@@H]1C2. The number of nitrogens with one attached hydrogen (secondary N) is 1. The molecule has 3 rings (SSSR count). The molecule has 0 aromatic heterocycles. The van der Waals surface area contributed by atoms with Gasteiger partial charge < -0.3 is 15.2 Å². The van der Waals surface area contributed by atoms with Crippen LogP contribution >= 0.6 is 0 Å². The zero-order valence-electron chi connectivity index (χ0n) is 11.5. The molecule has 114 valence electrons. The standard InChI is InChI=1S/C15H14N2O5/c18-14(16-10-2-1-3-11(7-10)17(21)22)12-8-4-5-9(6-8)13(12)15(19)20/h1-5,7-9,12-13H,6H2,(H,16,18)(H,19,20)/p-1/t8-,9+,12+,13+/m0/s1. The summed E-state index contributed by atoms with van der Waals surface area (Å²) in [5.41, 5.74) is 0.144. The Labute approximate surface area is 125 Å². The number of carbonyl (C=O) groups excluding carboxylic acids is 2. The smallest absolute Gasteiger partial charge is 0.271 e. The summed E-state index contributed by atoms with van der Waals surface area (Å²) in [6, 6.07) is 5.56. The lowest BCUT2D eigenvalue weighted by Crippen LogP contribution is -2.42. The minimum Gasteiger partial charge on any atom is -0.550 e. The van der Waals surface area contributed by atoms with Crippen molar-refractivity contribution in [3.05, 3.63) is 46.5 Å². The Morgan fingerprint density at radius 3 is 2.50 bits per heavy atom. The summed E-state index contributed by atoms with van der Waals surface area (Å²) in [5.74, 6) is -3.49. The molecule has 2 aliphatic carbocycles. The van der Waals surface area contributed by atoms with E-state index in [1.165, 1.54) is 24.3 Å². The van der Waals surface area contributed by atoms with Crippen LogP contribution in [0, 0.1) is 33.8 Å². The summed E-state index contributed by atoms with van der Waals surface area (Å²) in [6.45, 7) is 0. The number of non-ortho nitro benzene ring substituents is 1. The number of allylic oxidation sites excluding steroid dienone is 2. The highest BCUT2D eigenvalue weighted by molar-refractivity contribution is 5.96. The van der Waals surface area contributed by atoms with E-state index in [0.717, 1.165) is 0 Å². The second kappa shape index (κ2) is 5.25. The van der Waals surface area contributed by atoms with E-state index in [9.17, 15) is 24.8 Å². The number of nitro groups is 1. The molecule has 0 heterocycles. The van der Waals surface area contributed by atoms with Crippen molar-refractivity contribution in [2.24, 2.45) is 23.7 Å². The number of amides is 1. The quantitative estimate of drug-likeness (QED) is 0.500. The number of nitro benzene ring substituents is 1. The van der Waals surface area contributed by atoms with E-state index in [-0.39, 0.29) is 23.2 Å². The van der Waals surface area contributed by atoms with Crippen molar-refractivity contribution in [3.63, 3.8) is 0 Å². The zero-order chi connectivity index (χ0) is 15.9. The van der Waals surface area contributed by atoms with E-state index in [1.807, 2.05) is 12.2 Å². The number of aliphatic carboxylic acids is 1. The monoisotopic (exact) mass is 301 g/mol. The zero-order valence-corrected chi connectivity index (χ0v) is 11.5. The second-order valence-corrected chi connectivity index (χ2v) is 5.62. The van der Waals surface area contributed by atoms with Crippen molar-refractivity contribution in [1.29, 1.82) is 0 Å². The van der Waals surface area contributed by atoms with Gasteiger partial charge in [-0.15, -0.1) is 0 Å². The molecular formula is C15H13N2O5-. The maximum Gasteiger partial charge on any atom is 0.271 e. The van der Waals surface area contributed by atoms with Gasteiger partial charge in [0.05, 0.1) is 10.8 Å². The largest absolute Gasteiger partial charge is 0.550 e. The molecule has 0 spiro atoms. The van der Waals surface area contributed by atoms with Crippen molar-refractivity contribution in [2.45, 2.75) is 6.42 Å². The number of carboxylic acid groups (broad SMARTS) is 1. The molecule has 0 saturated heterocycles. The number of hydrogen-bond donors (Lipinski definition) is 1. The number of rotatable bonds is 4. The molecule has 1 saturated carbocycles. The average molecular weight is 301 g/mol. The first-order valence-electron chi connectivity index (χ1n) is 6.92. The fraction of sp³-hybridized carbons (Fsp3) is 0.333. The van der Waals surface area contributed by atoms with Crippen LogP contribution in [0.4, 0.5) is 11.4 Å². The van der Waals surface area contributed by atoms with Gasteiger partial charge >= 0.3 is 0 Å². The highest BCUT2D eigenvalue weighted by atomic mass is 16.6. The molecule has 22 heavy (non-hydrogen) atoms. The Morgan fingerprint density at radius 2 is 1.86 bits per heavy atom. The van der Waals surface area contributed by atoms with Gasteiger partial charge in [-0.25, -0.2) is 0 Å². The lowest BCUT2D eigenvalue weighted by molar-refractivity contribution is -0.384. The van der Waals surface area contributed by atoms with E-state index in [0.29, 0.717) is 6.42 Å². The van der Waals surface area contributed by atoms with Gasteiger partial charge in [0.2, 0.25) is 5.91 Å². The normalized spacial score (nSPS) is 28.5. The van der Waals surface area contributed by atoms with Crippen LogP contribution in [0.15, 0.2) is 36.4 Å². The molecule has 1 aromatic carbocycles. The van der Waals surface area contributed by atoms with Gasteiger partial charge in [0.25, 0.3) is 5.69 Å². The maximum absolute atomic E-state index is 12.4. The number of anilines is 1. The van der Waals surface area contributed by atoms with Crippen LogP contribution in [0.5, 0.6) is 0 Å². The highest BCUT2D eigenvalue weighted by Gasteiger charge is 2.48. The first-order chi connectivity index (χ1) is 10.5. The molecule has 0 aliphatic heterocycles. The molecule has 0 unspecified atom stereocenters. The van der Waals surface area contributed by atoms with Gasteiger partial charge in [0.15, 0.2) is 0 Å². The number of fused-ring (bicyclic) bond motifs is 2. The number of carbonyl (C=O) groups is 2. The van der Waals surface area contributed by atoms with Crippen molar-refractivity contribution in [3.8, 4) is 0 Å². The third-order valence-corrected chi connectivity index (χ3v) is 4.36. The van der Waals surface area contributed by atoms with Gasteiger partial charge in [-0.05, 0) is 24.3 Å². The van der Waals surface area contributed by atoms with E-state index in [2.05, 4.69) is 5.32 Å². The molecule has 0 radical (unpaired) electrons. The average Bonchev–Trinajstić information content (AvgIpc) is 3.07. The summed E-state index contributed by atoms with van der Waals surface area (Å²) in [5, 5.41) is 24.6. The predicted octanol–water partition coefficient (Wildman–Crippen LogP) is 0.721. The number of carboxylic acids is 1. The molecule has 1 fully saturated rings. The van der Waals surface area contributed by atoms with Crippen LogP contribution in [-0.4, -0.2) is 16.8 Å². The molecular weight excluding hydrogens is 288 g/mol. The van der Waals surface area contributed by atoms with Gasteiger partial charge in [-0.1, -0.05) is 18.2 Å². The van der Waals surface area contributed by atoms with E-state index in [1.54, 1.807) is 0 Å². The van der Waals surface area contributed by atoms with Gasteiger partial charge in [-0.2, -0.15) is 0 Å². The third kappa shape index (κ3) is 2.34. The first kappa shape index (κ1) is 14.2. The molecule has 4 atom stereocenters. The maximum atomic E-state index is 12.4. The minimum atomic E-state index is -1.23. The van der Waals surface area contributed by atoms with Crippen molar-refractivity contribution in [2.75, 3.05) is 5.32 Å². The predicted molar refractivity (Wildman–Crippen MR) is 74.5 cm³/mol. The van der Waals surface area contributed by atoms with Crippen molar-refractivity contribution >= 4 is 23.3 Å². The Hall–Kier alpha value is -2.70. The van der Waals surface area contributed by atoms with Crippen LogP contribution in [-0.2, 0) is 9.59 Å². The highest BCUT2D eigenvalue weighted by Crippen LogP contribution is 2.48. The molecule has 1 aromatic rings. The fourth-order valence-corrected chi connectivity index (χ4v) is 3.42. The minimum absolute atomic E-state index is 0.119. The van der Waals surface area contributed by atoms with Gasteiger partial charge in [0.1, 0.15) is 0 Å². The van der Waals surface area contributed by atoms with Crippen LogP contribution in [0.1, 0.15) is 6.42 Å². The van der Waals surface area contributed by atoms with Crippen molar-refractivity contribution in [1.82, 2.24) is 0 Å². The molecule has 1 amide bonds. The third-order valence-electron chi connectivity index (χ3n) is 4.36. The number of hydrogen-bond acceptors (Lipinski definition) is 5. The lowest BCUT2D eigenvalue weighted by atomic mass is 9.82. The van der Waals surface area contributed by atoms with Crippen LogP contribution in [0.2, 0.25) is 0 Å². The Balaban J connectivity index is 1.80. The Bertz CT molecular complexity index is 684. The lowest BCUT2D eigenvalue weighted by Gasteiger charge is -2.27. The number of benzene rings is 1. The summed E-state index contributed by atoms with van der Waals surface area (Å²) in [7, 11) is 0. The molecule has 7 heteroatoms. The Kier molecular flexibility index (Phi) is 3.40. The van der Waals surface area contributed by atoms with E-state index < -0.39 is 28.6 Å². The summed E-state index contributed by atoms with van der Waals surface area (Å²) < 4.78 is 0. The van der Waals surface area contributed by atoms with Crippen LogP contribution in [0.3, 0.4) is 0 Å². The Morgan fingerprint density at radius 1 is 1.18 bits per heavy atom. The topological polar surface area (TPSA) is 112 Å². The summed E-state index contributed by atoms with van der Waals surface area (Å²) in [4.78, 5) is 33.9. The number of nitrogens with zero attached hydrogens (tertiary/aromatic N) is 1. The van der Waals surface area contributed by atoms with Crippen molar-refractivity contribution < 1.29 is 19.6 Å². The summed E-state index contributed by atoms with van der Waals surface area (Å²) >= 11 is 0. The second-order valence-electron chi connectivity index (χ2n) is 5.62. The summed E-state index contributed by atoms with van der Waals surface area (Å²) in [6.07, 6.45) is 4.32. The van der Waals surface area contributed by atoms with Crippen LogP contribution < -0.4 is 10.4 Å². The van der Waals surface area contributed by atoms with Crippen LogP contribution in [0.25, 0.3) is 0 Å². The molecule has 7 nitrogen and oxygen atoms in total. The fourth-order valence-electron chi connectivity index (χ4n) is 3.42. The van der Waals surface area contributed by atoms with E-state index >= 15 is 0 Å². The van der Waals surface area contributed by atoms with Gasteiger partial charge in [-0.3, -0.25) is 14.9 Å². The van der Waals surface area contributed by atoms with E-state index in [4.69, 9.17) is 0 Å².